The highest BCUT2D eigenvalue weighted by atomic mass is 127. The maximum Gasteiger partial charge on any atom is 0.230 e. The predicted molar refractivity (Wildman–Crippen MR) is 57.1 cm³/mol. The van der Waals surface area contributed by atoms with Gasteiger partial charge in [-0.1, -0.05) is 52.9 Å². The van der Waals surface area contributed by atoms with Gasteiger partial charge in [0.15, 0.2) is 0 Å². The molecule has 1 rings (SSSR count). The summed E-state index contributed by atoms with van der Waals surface area (Å²) in [4.78, 5) is 10.7. The van der Waals surface area contributed by atoms with E-state index in [-0.39, 0.29) is 9.83 Å². The van der Waals surface area contributed by atoms with Crippen LogP contribution in [0.5, 0.6) is 0 Å². The zero-order chi connectivity index (χ0) is 8.97. The molecule has 1 aromatic rings. The molecule has 2 N–H and O–H groups in total. The Morgan fingerprint density at radius 1 is 1.42 bits per heavy atom. The molecular weight excluding hydrogens is 265 g/mol. The molecule has 0 spiro atoms. The Kier molecular flexibility index (Phi) is 3.52. The van der Waals surface area contributed by atoms with Crippen molar-refractivity contribution in [2.24, 2.45) is 5.73 Å². The van der Waals surface area contributed by atoms with Crippen molar-refractivity contribution in [1.29, 1.82) is 0 Å². The Hall–Kier alpha value is -0.580. The molecule has 0 heterocycles. The predicted octanol–water partition coefficient (Wildman–Crippen LogP) is 1.52. The quantitative estimate of drug-likeness (QED) is 0.659. The van der Waals surface area contributed by atoms with Crippen LogP contribution in [0.15, 0.2) is 30.3 Å². The van der Waals surface area contributed by atoms with Gasteiger partial charge in [0.05, 0.1) is 3.92 Å². The Morgan fingerprint density at radius 2 is 2.00 bits per heavy atom. The third-order valence-electron chi connectivity index (χ3n) is 1.57. The van der Waals surface area contributed by atoms with Crippen LogP contribution in [-0.4, -0.2) is 9.83 Å². The molecule has 1 unspecified atom stereocenters. The molecule has 0 saturated heterocycles. The van der Waals surface area contributed by atoms with E-state index in [1.54, 1.807) is 0 Å². The number of hydrogen-bond donors (Lipinski definition) is 1. The van der Waals surface area contributed by atoms with Crippen molar-refractivity contribution in [2.75, 3.05) is 0 Å². The Labute approximate surface area is 85.3 Å². The van der Waals surface area contributed by atoms with Gasteiger partial charge in [0.1, 0.15) is 0 Å². The second kappa shape index (κ2) is 4.45. The molecule has 64 valence electrons. The number of carbonyl (C=O) groups is 1. The van der Waals surface area contributed by atoms with Crippen molar-refractivity contribution in [3.05, 3.63) is 35.9 Å². The van der Waals surface area contributed by atoms with Crippen LogP contribution in [0, 0.1) is 0 Å². The van der Waals surface area contributed by atoms with E-state index in [4.69, 9.17) is 5.73 Å². The molecule has 0 aliphatic carbocycles. The van der Waals surface area contributed by atoms with E-state index < -0.39 is 0 Å². The topological polar surface area (TPSA) is 43.1 Å². The van der Waals surface area contributed by atoms with Crippen molar-refractivity contribution in [1.82, 2.24) is 0 Å². The molecular formula is C9H10INO. The van der Waals surface area contributed by atoms with Gasteiger partial charge in [-0.05, 0) is 12.0 Å². The minimum atomic E-state index is -0.251. The monoisotopic (exact) mass is 275 g/mol. The number of carbonyl (C=O) groups excluding carboxylic acids is 1. The lowest BCUT2D eigenvalue weighted by atomic mass is 10.1. The van der Waals surface area contributed by atoms with Crippen LogP contribution in [0.3, 0.4) is 0 Å². The fraction of sp³-hybridized carbons (Fsp3) is 0.222. The number of primary amides is 1. The number of rotatable bonds is 3. The van der Waals surface area contributed by atoms with Gasteiger partial charge in [-0.2, -0.15) is 0 Å². The summed E-state index contributed by atoms with van der Waals surface area (Å²) in [5.74, 6) is -0.251. The van der Waals surface area contributed by atoms with Gasteiger partial charge in [-0.25, -0.2) is 0 Å². The Bertz CT molecular complexity index is 260. The summed E-state index contributed by atoms with van der Waals surface area (Å²) in [7, 11) is 0. The number of alkyl halides is 1. The number of nitrogens with two attached hydrogens (primary N) is 1. The third-order valence-corrected chi connectivity index (χ3v) is 2.62. The van der Waals surface area contributed by atoms with E-state index in [9.17, 15) is 4.79 Å². The Balaban J connectivity index is 2.58. The fourth-order valence-corrected chi connectivity index (χ4v) is 1.43. The van der Waals surface area contributed by atoms with Gasteiger partial charge < -0.3 is 5.73 Å². The molecule has 2 nitrogen and oxygen atoms in total. The molecule has 0 radical (unpaired) electrons. The van der Waals surface area contributed by atoms with Crippen LogP contribution in [0.2, 0.25) is 0 Å². The standard InChI is InChI=1S/C9H10INO/c10-8(9(11)12)6-7-4-2-1-3-5-7/h1-5,8H,6H2,(H2,11,12). The van der Waals surface area contributed by atoms with Crippen LogP contribution < -0.4 is 5.73 Å². The smallest absolute Gasteiger partial charge is 0.230 e. The molecule has 0 saturated carbocycles. The van der Waals surface area contributed by atoms with Crippen molar-refractivity contribution in [2.45, 2.75) is 10.3 Å². The maximum absolute atomic E-state index is 10.7. The second-order valence-corrected chi connectivity index (χ2v) is 4.06. The fourth-order valence-electron chi connectivity index (χ4n) is 0.922. The average molecular weight is 275 g/mol. The lowest BCUT2D eigenvalue weighted by Gasteiger charge is -2.04. The number of halogens is 1. The normalized spacial score (nSPS) is 12.4. The summed E-state index contributed by atoms with van der Waals surface area (Å²) >= 11 is 2.06. The van der Waals surface area contributed by atoms with Gasteiger partial charge in [0.25, 0.3) is 0 Å². The van der Waals surface area contributed by atoms with E-state index in [1.165, 1.54) is 0 Å². The highest BCUT2D eigenvalue weighted by Crippen LogP contribution is 2.09. The van der Waals surface area contributed by atoms with Crippen LogP contribution in [0.4, 0.5) is 0 Å². The van der Waals surface area contributed by atoms with Gasteiger partial charge in [0, 0.05) is 0 Å². The van der Waals surface area contributed by atoms with E-state index in [2.05, 4.69) is 22.6 Å². The van der Waals surface area contributed by atoms with Gasteiger partial charge >= 0.3 is 0 Å². The van der Waals surface area contributed by atoms with Crippen LogP contribution >= 0.6 is 22.6 Å². The molecule has 0 aliphatic heterocycles. The summed E-state index contributed by atoms with van der Waals surface area (Å²) in [5, 5.41) is 0. The van der Waals surface area contributed by atoms with Crippen molar-refractivity contribution < 1.29 is 4.79 Å². The highest BCUT2D eigenvalue weighted by Gasteiger charge is 2.10. The summed E-state index contributed by atoms with van der Waals surface area (Å²) in [5.41, 5.74) is 6.29. The average Bonchev–Trinajstić information content (AvgIpc) is 2.06. The van der Waals surface area contributed by atoms with Crippen LogP contribution in [0.1, 0.15) is 5.56 Å². The lowest BCUT2D eigenvalue weighted by Crippen LogP contribution is -2.24. The van der Waals surface area contributed by atoms with Crippen LogP contribution in [0.25, 0.3) is 0 Å². The summed E-state index contributed by atoms with van der Waals surface area (Å²) < 4.78 is -0.106. The van der Waals surface area contributed by atoms with E-state index in [0.29, 0.717) is 0 Å². The first kappa shape index (κ1) is 9.51. The van der Waals surface area contributed by atoms with E-state index in [0.717, 1.165) is 12.0 Å². The van der Waals surface area contributed by atoms with Gasteiger partial charge in [-0.15, -0.1) is 0 Å². The summed E-state index contributed by atoms with van der Waals surface area (Å²) in [6, 6.07) is 9.86. The maximum atomic E-state index is 10.7. The van der Waals surface area contributed by atoms with Gasteiger partial charge in [0.2, 0.25) is 5.91 Å². The first-order valence-electron chi connectivity index (χ1n) is 3.67. The molecule has 1 aromatic carbocycles. The third kappa shape index (κ3) is 2.81. The zero-order valence-corrected chi connectivity index (χ0v) is 8.69. The molecule has 12 heavy (non-hydrogen) atoms. The summed E-state index contributed by atoms with van der Waals surface area (Å²) in [6.45, 7) is 0. The highest BCUT2D eigenvalue weighted by molar-refractivity contribution is 14.1. The number of amides is 1. The largest absolute Gasteiger partial charge is 0.369 e. The van der Waals surface area contributed by atoms with Crippen molar-refractivity contribution in [3.8, 4) is 0 Å². The molecule has 1 amide bonds. The number of benzene rings is 1. The molecule has 0 bridgehead atoms. The summed E-state index contributed by atoms with van der Waals surface area (Å²) in [6.07, 6.45) is 0.719. The molecule has 1 atom stereocenters. The van der Waals surface area contributed by atoms with Crippen LogP contribution in [-0.2, 0) is 11.2 Å². The van der Waals surface area contributed by atoms with E-state index in [1.807, 2.05) is 30.3 Å². The first-order chi connectivity index (χ1) is 5.70. The minimum Gasteiger partial charge on any atom is -0.369 e. The molecule has 0 aromatic heterocycles. The van der Waals surface area contributed by atoms with Crippen molar-refractivity contribution in [3.63, 3.8) is 0 Å². The first-order valence-corrected chi connectivity index (χ1v) is 4.92. The van der Waals surface area contributed by atoms with E-state index >= 15 is 0 Å². The molecule has 3 heteroatoms. The Morgan fingerprint density at radius 3 is 2.50 bits per heavy atom. The minimum absolute atomic E-state index is 0.106. The second-order valence-electron chi connectivity index (χ2n) is 2.56. The molecule has 0 fully saturated rings. The number of hydrogen-bond acceptors (Lipinski definition) is 1. The van der Waals surface area contributed by atoms with Crippen molar-refractivity contribution >= 4 is 28.5 Å². The zero-order valence-electron chi connectivity index (χ0n) is 6.53. The van der Waals surface area contributed by atoms with Gasteiger partial charge in [-0.3, -0.25) is 4.79 Å². The lowest BCUT2D eigenvalue weighted by molar-refractivity contribution is -0.117. The molecule has 0 aliphatic rings. The SMILES string of the molecule is NC(=O)C(I)Cc1ccccc1.